The molecule has 0 radical (unpaired) electrons. The maximum atomic E-state index is 11.6. The van der Waals surface area contributed by atoms with Crippen LogP contribution < -0.4 is 9.47 Å². The fourth-order valence-electron chi connectivity index (χ4n) is 2.95. The van der Waals surface area contributed by atoms with E-state index in [4.69, 9.17) is 9.47 Å². The molecule has 0 N–H and O–H groups in total. The van der Waals surface area contributed by atoms with Crippen LogP contribution in [-0.4, -0.2) is 12.6 Å². The highest BCUT2D eigenvalue weighted by atomic mass is 32.1. The van der Waals surface area contributed by atoms with Crippen molar-refractivity contribution in [2.24, 2.45) is 0 Å². The number of esters is 1. The first-order valence-corrected chi connectivity index (χ1v) is 9.81. The van der Waals surface area contributed by atoms with Crippen molar-refractivity contribution in [1.29, 1.82) is 0 Å². The van der Waals surface area contributed by atoms with E-state index < -0.39 is 0 Å². The van der Waals surface area contributed by atoms with Crippen molar-refractivity contribution in [3.05, 3.63) is 45.8 Å². The average molecular weight is 368 g/mol. The van der Waals surface area contributed by atoms with Gasteiger partial charge in [0, 0.05) is 17.5 Å². The molecule has 0 saturated heterocycles. The fraction of sp³-hybridized carbons (Fsp3) is 0.409. The van der Waals surface area contributed by atoms with Gasteiger partial charge < -0.3 is 9.47 Å². The smallest absolute Gasteiger partial charge is 0.311 e. The van der Waals surface area contributed by atoms with E-state index in [9.17, 15) is 4.79 Å². The van der Waals surface area contributed by atoms with Gasteiger partial charge in [0.2, 0.25) is 0 Å². The van der Waals surface area contributed by atoms with E-state index in [0.717, 1.165) is 41.2 Å². The van der Waals surface area contributed by atoms with Crippen LogP contribution in [0.4, 0.5) is 0 Å². The Kier molecular flexibility index (Phi) is 5.38. The summed E-state index contributed by atoms with van der Waals surface area (Å²) < 4.78 is 11.1. The summed E-state index contributed by atoms with van der Waals surface area (Å²) in [6.07, 6.45) is 2.23. The number of rotatable bonds is 3. The standard InChI is InChI=1S/C22H24O3S/c1-5-6-20(23)25-21-10-9-17(26-21)8-7-16-14-18-19(13-15(16)2)24-12-11-22(18,3)4/h9-10,13-14H,5-6,11-12H2,1-4H3. The third-order valence-electron chi connectivity index (χ3n) is 4.61. The number of hydrogen-bond acceptors (Lipinski definition) is 4. The Bertz CT molecular complexity index is 881. The van der Waals surface area contributed by atoms with Gasteiger partial charge in [0.1, 0.15) is 5.75 Å². The molecule has 4 heteroatoms. The van der Waals surface area contributed by atoms with Crippen molar-refractivity contribution in [2.75, 3.05) is 6.61 Å². The van der Waals surface area contributed by atoms with E-state index in [1.165, 1.54) is 16.9 Å². The summed E-state index contributed by atoms with van der Waals surface area (Å²) in [4.78, 5) is 12.5. The van der Waals surface area contributed by atoms with Crippen molar-refractivity contribution in [3.63, 3.8) is 0 Å². The Morgan fingerprint density at radius 3 is 2.88 bits per heavy atom. The Morgan fingerprint density at radius 1 is 1.31 bits per heavy atom. The number of benzene rings is 1. The van der Waals surface area contributed by atoms with Crippen LogP contribution in [0.3, 0.4) is 0 Å². The Labute approximate surface area is 159 Å². The van der Waals surface area contributed by atoms with Crippen molar-refractivity contribution < 1.29 is 14.3 Å². The molecule has 26 heavy (non-hydrogen) atoms. The number of carbonyl (C=O) groups excluding carboxylic acids is 1. The zero-order valence-electron chi connectivity index (χ0n) is 15.8. The highest BCUT2D eigenvalue weighted by Crippen LogP contribution is 2.39. The van der Waals surface area contributed by atoms with Crippen LogP contribution >= 0.6 is 11.3 Å². The first-order chi connectivity index (χ1) is 12.4. The minimum absolute atomic E-state index is 0.0985. The van der Waals surface area contributed by atoms with Crippen molar-refractivity contribution in [1.82, 2.24) is 0 Å². The molecule has 3 rings (SSSR count). The summed E-state index contributed by atoms with van der Waals surface area (Å²) in [5, 5.41) is 0.601. The van der Waals surface area contributed by atoms with E-state index in [-0.39, 0.29) is 11.4 Å². The van der Waals surface area contributed by atoms with Gasteiger partial charge in [-0.2, -0.15) is 0 Å². The van der Waals surface area contributed by atoms with Gasteiger partial charge in [0.15, 0.2) is 5.06 Å². The average Bonchev–Trinajstić information content (AvgIpc) is 3.00. The third-order valence-corrected chi connectivity index (χ3v) is 5.49. The number of hydrogen-bond donors (Lipinski definition) is 0. The molecule has 0 amide bonds. The van der Waals surface area contributed by atoms with E-state index in [2.05, 4.69) is 44.7 Å². The van der Waals surface area contributed by atoms with Gasteiger partial charge in [-0.05, 0) is 55.0 Å². The zero-order valence-corrected chi connectivity index (χ0v) is 16.6. The maximum absolute atomic E-state index is 11.6. The zero-order chi connectivity index (χ0) is 18.7. The monoisotopic (exact) mass is 368 g/mol. The Morgan fingerprint density at radius 2 is 2.12 bits per heavy atom. The summed E-state index contributed by atoms with van der Waals surface area (Å²) in [6, 6.07) is 7.95. The number of thiophene rings is 1. The topological polar surface area (TPSA) is 35.5 Å². The van der Waals surface area contributed by atoms with Gasteiger partial charge in [0.05, 0.1) is 11.5 Å². The van der Waals surface area contributed by atoms with Crippen molar-refractivity contribution in [2.45, 2.75) is 52.4 Å². The molecular weight excluding hydrogens is 344 g/mol. The summed E-state index contributed by atoms with van der Waals surface area (Å²) in [7, 11) is 0. The molecule has 2 heterocycles. The van der Waals surface area contributed by atoms with Crippen LogP contribution in [0.2, 0.25) is 0 Å². The Hall–Kier alpha value is -2.25. The number of aryl methyl sites for hydroxylation is 1. The molecule has 1 aliphatic rings. The fourth-order valence-corrected chi connectivity index (χ4v) is 3.68. The van der Waals surface area contributed by atoms with E-state index >= 15 is 0 Å². The predicted molar refractivity (Wildman–Crippen MR) is 105 cm³/mol. The molecule has 1 aromatic heterocycles. The predicted octanol–water partition coefficient (Wildman–Crippen LogP) is 5.22. The van der Waals surface area contributed by atoms with Crippen LogP contribution in [0.5, 0.6) is 10.8 Å². The highest BCUT2D eigenvalue weighted by Gasteiger charge is 2.29. The first kappa shape index (κ1) is 18.5. The highest BCUT2D eigenvalue weighted by molar-refractivity contribution is 7.14. The molecule has 0 atom stereocenters. The van der Waals surface area contributed by atoms with E-state index in [1.807, 2.05) is 13.0 Å². The van der Waals surface area contributed by atoms with Crippen molar-refractivity contribution in [3.8, 4) is 22.7 Å². The number of fused-ring (bicyclic) bond motifs is 1. The van der Waals surface area contributed by atoms with Gasteiger partial charge in [-0.1, -0.05) is 43.9 Å². The third kappa shape index (κ3) is 4.11. The van der Waals surface area contributed by atoms with Gasteiger partial charge in [-0.25, -0.2) is 0 Å². The van der Waals surface area contributed by atoms with Crippen LogP contribution in [0.1, 0.15) is 61.6 Å². The van der Waals surface area contributed by atoms with Crippen molar-refractivity contribution >= 4 is 17.3 Å². The normalized spacial score (nSPS) is 14.6. The van der Waals surface area contributed by atoms with Crippen LogP contribution in [-0.2, 0) is 10.2 Å². The van der Waals surface area contributed by atoms with E-state index in [1.54, 1.807) is 6.07 Å². The lowest BCUT2D eigenvalue weighted by molar-refractivity contribution is -0.134. The van der Waals surface area contributed by atoms with Gasteiger partial charge in [-0.3, -0.25) is 4.79 Å². The molecule has 0 aliphatic carbocycles. The second-order valence-electron chi connectivity index (χ2n) is 7.24. The lowest BCUT2D eigenvalue weighted by Crippen LogP contribution is -2.26. The minimum atomic E-state index is -0.193. The van der Waals surface area contributed by atoms with E-state index in [0.29, 0.717) is 11.5 Å². The molecule has 1 aromatic carbocycles. The SMILES string of the molecule is CCCC(=O)Oc1ccc(C#Cc2cc3c(cc2C)OCCC3(C)C)s1. The number of carbonyl (C=O) groups is 1. The second-order valence-corrected chi connectivity index (χ2v) is 8.28. The molecule has 3 nitrogen and oxygen atoms in total. The molecular formula is C22H24O3S. The molecule has 136 valence electrons. The van der Waals surface area contributed by atoms with Gasteiger partial charge in [-0.15, -0.1) is 0 Å². The summed E-state index contributed by atoms with van der Waals surface area (Å²) in [5.74, 6) is 7.26. The molecule has 0 saturated carbocycles. The number of ether oxygens (including phenoxy) is 2. The van der Waals surface area contributed by atoms with Gasteiger partial charge in [0.25, 0.3) is 0 Å². The van der Waals surface area contributed by atoms with Crippen LogP contribution in [0.25, 0.3) is 0 Å². The van der Waals surface area contributed by atoms with Crippen LogP contribution in [0, 0.1) is 18.8 Å². The molecule has 2 aromatic rings. The quantitative estimate of drug-likeness (QED) is 0.550. The lowest BCUT2D eigenvalue weighted by Gasteiger charge is -2.33. The molecule has 0 spiro atoms. The lowest BCUT2D eigenvalue weighted by atomic mass is 9.78. The van der Waals surface area contributed by atoms with Gasteiger partial charge >= 0.3 is 5.97 Å². The first-order valence-electron chi connectivity index (χ1n) is 8.99. The molecule has 0 fully saturated rings. The summed E-state index contributed by atoms with van der Waals surface area (Å²) in [6.45, 7) is 9.27. The largest absolute Gasteiger partial charge is 0.493 e. The molecule has 1 aliphatic heterocycles. The summed E-state index contributed by atoms with van der Waals surface area (Å²) in [5.41, 5.74) is 3.45. The summed E-state index contributed by atoms with van der Waals surface area (Å²) >= 11 is 1.40. The minimum Gasteiger partial charge on any atom is -0.493 e. The maximum Gasteiger partial charge on any atom is 0.311 e. The second kappa shape index (κ2) is 7.55. The van der Waals surface area contributed by atoms with Crippen LogP contribution in [0.15, 0.2) is 24.3 Å². The molecule has 0 bridgehead atoms. The Balaban J connectivity index is 1.83. The molecule has 0 unspecified atom stereocenters.